The second-order valence-electron chi connectivity index (χ2n) is 13.8. The molecule has 1 aliphatic heterocycles. The molecular weight excluding hydrogens is 670 g/mol. The zero-order valence-electron chi connectivity index (χ0n) is 30.8. The van der Waals surface area contributed by atoms with Crippen LogP contribution in [0, 0.1) is 5.92 Å². The normalized spacial score (nSPS) is 16.2. The molecule has 1 heterocycles. The standard InChI is InChI=1S/C42H51N5O6/c1-29-25-47(30(2)28-48)42(51)35-24-32(44-40(49)16-8-5-9-17-41(50)45-37-15-11-10-14-36(37)43)20-23-38(35)53-39(29)27-46(3)26-31-18-21-34(22-19-31)52-33-12-6-4-7-13-33/h4,6-7,10-15,18-24,29-30,39,48H,5,8-9,16-17,25-28,43H2,1-3H3,(H,44,49)(H,45,50)/t29-,30-,39-/m1/s1. The van der Waals surface area contributed by atoms with Crippen LogP contribution < -0.4 is 25.8 Å². The second-order valence-corrected chi connectivity index (χ2v) is 13.8. The predicted molar refractivity (Wildman–Crippen MR) is 208 cm³/mol. The first-order valence-electron chi connectivity index (χ1n) is 18.3. The van der Waals surface area contributed by atoms with E-state index in [2.05, 4.69) is 22.5 Å². The van der Waals surface area contributed by atoms with Gasteiger partial charge in [-0.15, -0.1) is 0 Å². The molecule has 5 rings (SSSR count). The molecule has 5 N–H and O–H groups in total. The summed E-state index contributed by atoms with van der Waals surface area (Å²) < 4.78 is 12.5. The number of rotatable bonds is 16. The van der Waals surface area contributed by atoms with Crippen LogP contribution in [-0.2, 0) is 16.1 Å². The number of nitrogen functional groups attached to an aromatic ring is 1. The van der Waals surface area contributed by atoms with Gasteiger partial charge in [-0.05, 0) is 87.0 Å². The Bertz CT molecular complexity index is 1820. The number of amides is 3. The minimum absolute atomic E-state index is 0.0351. The maximum absolute atomic E-state index is 13.9. The second kappa shape index (κ2) is 18.9. The van der Waals surface area contributed by atoms with Gasteiger partial charge >= 0.3 is 0 Å². The van der Waals surface area contributed by atoms with Crippen LogP contribution in [0.2, 0.25) is 0 Å². The van der Waals surface area contributed by atoms with Crippen LogP contribution in [0.1, 0.15) is 61.9 Å². The Labute approximate surface area is 312 Å². The van der Waals surface area contributed by atoms with Gasteiger partial charge in [0.2, 0.25) is 11.8 Å². The monoisotopic (exact) mass is 721 g/mol. The van der Waals surface area contributed by atoms with Crippen molar-refractivity contribution in [1.29, 1.82) is 0 Å². The lowest BCUT2D eigenvalue weighted by molar-refractivity contribution is -0.116. The smallest absolute Gasteiger partial charge is 0.258 e. The van der Waals surface area contributed by atoms with Crippen LogP contribution in [0.5, 0.6) is 17.2 Å². The lowest BCUT2D eigenvalue weighted by Gasteiger charge is -2.38. The fourth-order valence-corrected chi connectivity index (χ4v) is 6.28. The van der Waals surface area contributed by atoms with Gasteiger partial charge < -0.3 is 35.8 Å². The number of hydrogen-bond donors (Lipinski definition) is 4. The van der Waals surface area contributed by atoms with Crippen molar-refractivity contribution in [2.24, 2.45) is 5.92 Å². The number of aliphatic hydroxyl groups is 1. The molecule has 0 saturated carbocycles. The number of carbonyl (C=O) groups is 3. The summed E-state index contributed by atoms with van der Waals surface area (Å²) in [5, 5.41) is 15.8. The number of aliphatic hydroxyl groups excluding tert-OH is 1. The Morgan fingerprint density at radius 3 is 2.28 bits per heavy atom. The summed E-state index contributed by atoms with van der Waals surface area (Å²) in [6.45, 7) is 5.38. The number of benzene rings is 4. The van der Waals surface area contributed by atoms with Crippen LogP contribution >= 0.6 is 0 Å². The molecule has 0 radical (unpaired) electrons. The Balaban J connectivity index is 1.17. The van der Waals surface area contributed by atoms with E-state index in [1.54, 1.807) is 35.2 Å². The van der Waals surface area contributed by atoms with Gasteiger partial charge in [0, 0.05) is 44.1 Å². The van der Waals surface area contributed by atoms with E-state index in [9.17, 15) is 19.5 Å². The number of fused-ring (bicyclic) bond motifs is 1. The summed E-state index contributed by atoms with van der Waals surface area (Å²) in [6.07, 6.45) is 2.31. The van der Waals surface area contributed by atoms with E-state index in [1.807, 2.05) is 80.7 Å². The largest absolute Gasteiger partial charge is 0.488 e. The van der Waals surface area contributed by atoms with Gasteiger partial charge in [-0.25, -0.2) is 0 Å². The van der Waals surface area contributed by atoms with Crippen LogP contribution in [0.4, 0.5) is 17.1 Å². The summed E-state index contributed by atoms with van der Waals surface area (Å²) in [5.74, 6) is 1.39. The molecule has 3 atom stereocenters. The molecule has 0 aromatic heterocycles. The molecule has 1 aliphatic rings. The third-order valence-electron chi connectivity index (χ3n) is 9.34. The van der Waals surface area contributed by atoms with Crippen LogP contribution in [0.15, 0.2) is 97.1 Å². The molecule has 0 saturated heterocycles. The SMILES string of the molecule is C[C@@H]1CN([C@H](C)CO)C(=O)c2cc(NC(=O)CCCCCC(=O)Nc3ccccc3N)ccc2O[C@@H]1CN(C)Cc1ccc(Oc2ccccc2)cc1. The molecule has 53 heavy (non-hydrogen) atoms. The average Bonchev–Trinajstić information content (AvgIpc) is 3.15. The number of nitrogens with two attached hydrogens (primary N) is 1. The number of anilines is 3. The van der Waals surface area contributed by atoms with E-state index in [1.165, 1.54) is 0 Å². The lowest BCUT2D eigenvalue weighted by atomic mass is 9.99. The van der Waals surface area contributed by atoms with Gasteiger partial charge in [0.1, 0.15) is 23.4 Å². The fraction of sp³-hybridized carbons (Fsp3) is 0.357. The molecule has 11 heteroatoms. The Kier molecular flexibility index (Phi) is 13.9. The molecule has 0 fully saturated rings. The highest BCUT2D eigenvalue weighted by molar-refractivity contribution is 6.00. The van der Waals surface area contributed by atoms with Crippen molar-refractivity contribution in [2.75, 3.05) is 43.1 Å². The first-order chi connectivity index (χ1) is 25.6. The van der Waals surface area contributed by atoms with Crippen LogP contribution in [0.25, 0.3) is 0 Å². The van der Waals surface area contributed by atoms with E-state index in [-0.39, 0.29) is 42.8 Å². The zero-order valence-corrected chi connectivity index (χ0v) is 30.8. The molecule has 3 amide bonds. The number of nitrogens with zero attached hydrogens (tertiary/aromatic N) is 2. The van der Waals surface area contributed by atoms with Gasteiger partial charge in [0.25, 0.3) is 5.91 Å². The van der Waals surface area contributed by atoms with Gasteiger partial charge in [-0.1, -0.05) is 55.8 Å². The molecule has 0 aliphatic carbocycles. The van der Waals surface area contributed by atoms with Crippen molar-refractivity contribution in [1.82, 2.24) is 9.80 Å². The number of unbranched alkanes of at least 4 members (excludes halogenated alkanes) is 2. The number of carbonyl (C=O) groups excluding carboxylic acids is 3. The maximum atomic E-state index is 13.9. The summed E-state index contributed by atoms with van der Waals surface area (Å²) >= 11 is 0. The average molecular weight is 722 g/mol. The summed E-state index contributed by atoms with van der Waals surface area (Å²) in [4.78, 5) is 42.9. The molecule has 0 bridgehead atoms. The topological polar surface area (TPSA) is 146 Å². The predicted octanol–water partition coefficient (Wildman–Crippen LogP) is 6.94. The van der Waals surface area contributed by atoms with Crippen molar-refractivity contribution >= 4 is 34.8 Å². The van der Waals surface area contributed by atoms with Crippen molar-refractivity contribution < 1.29 is 29.0 Å². The highest BCUT2D eigenvalue weighted by atomic mass is 16.5. The maximum Gasteiger partial charge on any atom is 0.258 e. The van der Waals surface area contributed by atoms with E-state index in [0.717, 1.165) is 17.1 Å². The molecule has 0 unspecified atom stereocenters. The first-order valence-corrected chi connectivity index (χ1v) is 18.3. The van der Waals surface area contributed by atoms with Crippen molar-refractivity contribution in [3.8, 4) is 17.2 Å². The zero-order chi connectivity index (χ0) is 37.7. The van der Waals surface area contributed by atoms with Crippen LogP contribution in [-0.4, -0.2) is 71.5 Å². The van der Waals surface area contributed by atoms with Crippen molar-refractivity contribution in [3.05, 3.63) is 108 Å². The number of likely N-dealkylation sites (N-methyl/N-ethyl adjacent to an activating group) is 1. The Morgan fingerprint density at radius 1 is 0.925 bits per heavy atom. The van der Waals surface area contributed by atoms with E-state index < -0.39 is 6.04 Å². The summed E-state index contributed by atoms with van der Waals surface area (Å²) in [6, 6.07) is 29.5. The third-order valence-corrected chi connectivity index (χ3v) is 9.34. The molecular formula is C42H51N5O6. The molecule has 0 spiro atoms. The molecule has 280 valence electrons. The van der Waals surface area contributed by atoms with Gasteiger partial charge in [0.15, 0.2) is 0 Å². The molecule has 4 aromatic rings. The van der Waals surface area contributed by atoms with Crippen molar-refractivity contribution in [3.63, 3.8) is 0 Å². The van der Waals surface area contributed by atoms with Gasteiger partial charge in [-0.2, -0.15) is 0 Å². The van der Waals surface area contributed by atoms with Crippen molar-refractivity contribution in [2.45, 2.75) is 64.6 Å². The number of nitrogens with one attached hydrogen (secondary N) is 2. The summed E-state index contributed by atoms with van der Waals surface area (Å²) in [7, 11) is 2.04. The Morgan fingerprint density at radius 2 is 1.58 bits per heavy atom. The van der Waals surface area contributed by atoms with E-state index in [4.69, 9.17) is 15.2 Å². The van der Waals surface area contributed by atoms with E-state index >= 15 is 0 Å². The first kappa shape index (κ1) is 38.8. The highest BCUT2D eigenvalue weighted by Crippen LogP contribution is 2.31. The Hall–Kier alpha value is -5.39. The number of ether oxygens (including phenoxy) is 2. The molecule has 11 nitrogen and oxygen atoms in total. The lowest BCUT2D eigenvalue weighted by Crippen LogP contribution is -2.49. The summed E-state index contributed by atoms with van der Waals surface area (Å²) in [5.41, 5.74) is 8.95. The van der Waals surface area contributed by atoms with Crippen LogP contribution in [0.3, 0.4) is 0 Å². The quantitative estimate of drug-likeness (QED) is 0.0719. The number of hydrogen-bond acceptors (Lipinski definition) is 8. The highest BCUT2D eigenvalue weighted by Gasteiger charge is 2.33. The molecule has 4 aromatic carbocycles. The minimum Gasteiger partial charge on any atom is -0.488 e. The van der Waals surface area contributed by atoms with Gasteiger partial charge in [-0.3, -0.25) is 19.3 Å². The van der Waals surface area contributed by atoms with Gasteiger partial charge in [0.05, 0.1) is 29.6 Å². The minimum atomic E-state index is -0.406. The number of para-hydroxylation sites is 3. The van der Waals surface area contributed by atoms with E-state index in [0.29, 0.717) is 73.7 Å². The third kappa shape index (κ3) is 11.3. The fourth-order valence-electron chi connectivity index (χ4n) is 6.28.